The van der Waals surface area contributed by atoms with E-state index < -0.39 is 5.92 Å². The van der Waals surface area contributed by atoms with Crippen LogP contribution in [0.15, 0.2) is 36.4 Å². The summed E-state index contributed by atoms with van der Waals surface area (Å²) in [5.41, 5.74) is 1.24. The van der Waals surface area contributed by atoms with E-state index in [2.05, 4.69) is 5.32 Å². The highest BCUT2D eigenvalue weighted by Crippen LogP contribution is 2.35. The van der Waals surface area contributed by atoms with Crippen LogP contribution >= 0.6 is 11.6 Å². The molecule has 2 aromatic rings. The molecule has 4 rings (SSSR count). The lowest BCUT2D eigenvalue weighted by atomic mass is 10.1. The smallest absolute Gasteiger partial charge is 0.231 e. The van der Waals surface area contributed by atoms with Crippen molar-refractivity contribution in [2.75, 3.05) is 30.7 Å². The lowest BCUT2D eigenvalue weighted by molar-refractivity contribution is -0.122. The predicted molar refractivity (Wildman–Crippen MR) is 99.7 cm³/mol. The van der Waals surface area contributed by atoms with Crippen LogP contribution in [0, 0.1) is 5.92 Å². The highest BCUT2D eigenvalue weighted by molar-refractivity contribution is 6.32. The number of anilines is 2. The van der Waals surface area contributed by atoms with Gasteiger partial charge >= 0.3 is 0 Å². The minimum Gasteiger partial charge on any atom is -0.495 e. The summed E-state index contributed by atoms with van der Waals surface area (Å²) in [7, 11) is 1.53. The largest absolute Gasteiger partial charge is 0.495 e. The van der Waals surface area contributed by atoms with Crippen molar-refractivity contribution in [3.63, 3.8) is 0 Å². The molecule has 2 heterocycles. The average molecular weight is 389 g/mol. The number of amides is 2. The van der Waals surface area contributed by atoms with Crippen molar-refractivity contribution in [2.45, 2.75) is 6.42 Å². The van der Waals surface area contributed by atoms with Crippen LogP contribution in [0.25, 0.3) is 0 Å². The lowest BCUT2D eigenvalue weighted by Crippen LogP contribution is -2.28. The van der Waals surface area contributed by atoms with Gasteiger partial charge in [0.2, 0.25) is 18.6 Å². The fourth-order valence-electron chi connectivity index (χ4n) is 3.17. The van der Waals surface area contributed by atoms with Crippen molar-refractivity contribution in [1.82, 2.24) is 0 Å². The zero-order chi connectivity index (χ0) is 19.0. The summed E-state index contributed by atoms with van der Waals surface area (Å²) >= 11 is 6.14. The molecular weight excluding hydrogens is 372 g/mol. The summed E-state index contributed by atoms with van der Waals surface area (Å²) in [4.78, 5) is 26.6. The number of hydrogen-bond acceptors (Lipinski definition) is 5. The van der Waals surface area contributed by atoms with Crippen molar-refractivity contribution in [2.24, 2.45) is 5.92 Å². The second kappa shape index (κ2) is 7.00. The first-order valence-electron chi connectivity index (χ1n) is 8.39. The zero-order valence-corrected chi connectivity index (χ0v) is 15.3. The Morgan fingerprint density at radius 2 is 2.04 bits per heavy atom. The van der Waals surface area contributed by atoms with Gasteiger partial charge in [-0.25, -0.2) is 0 Å². The van der Waals surface area contributed by atoms with Crippen LogP contribution in [0.1, 0.15) is 6.42 Å². The van der Waals surface area contributed by atoms with E-state index in [1.54, 1.807) is 41.3 Å². The minimum atomic E-state index is -0.455. The molecule has 2 aliphatic heterocycles. The molecular formula is C19H17ClN2O5. The van der Waals surface area contributed by atoms with E-state index in [9.17, 15) is 9.59 Å². The number of benzene rings is 2. The number of nitrogens with one attached hydrogen (secondary N) is 1. The molecule has 0 spiro atoms. The first-order chi connectivity index (χ1) is 13.0. The van der Waals surface area contributed by atoms with Crippen LogP contribution in [0.2, 0.25) is 5.02 Å². The highest BCUT2D eigenvalue weighted by atomic mass is 35.5. The van der Waals surface area contributed by atoms with E-state index in [1.807, 2.05) is 0 Å². The normalized spacial score (nSPS) is 17.9. The third kappa shape index (κ3) is 3.38. The molecule has 2 aliphatic rings. The molecule has 1 atom stereocenters. The Hall–Kier alpha value is -2.93. The second-order valence-corrected chi connectivity index (χ2v) is 6.69. The SMILES string of the molecule is COc1ccc(N2CC(C(=O)Nc3ccc4c(c3)OCO4)CC2=O)cc1Cl. The van der Waals surface area contributed by atoms with Crippen molar-refractivity contribution < 1.29 is 23.8 Å². The van der Waals surface area contributed by atoms with Gasteiger partial charge in [0.25, 0.3) is 0 Å². The van der Waals surface area contributed by atoms with Gasteiger partial charge in [0.05, 0.1) is 18.1 Å². The standard InChI is InChI=1S/C19H17ClN2O5/c1-25-15-5-3-13(8-14(15)20)22-9-11(6-18(22)23)19(24)21-12-2-4-16-17(7-12)27-10-26-16/h2-5,7-8,11H,6,9-10H2,1H3,(H,21,24). The van der Waals surface area contributed by atoms with Crippen molar-refractivity contribution in [1.29, 1.82) is 0 Å². The maximum atomic E-state index is 12.6. The van der Waals surface area contributed by atoms with E-state index in [-0.39, 0.29) is 31.6 Å². The van der Waals surface area contributed by atoms with E-state index in [0.717, 1.165) is 0 Å². The number of carbonyl (C=O) groups excluding carboxylic acids is 2. The van der Waals surface area contributed by atoms with Crippen LogP contribution in [0.3, 0.4) is 0 Å². The topological polar surface area (TPSA) is 77.1 Å². The van der Waals surface area contributed by atoms with Crippen LogP contribution in [-0.2, 0) is 9.59 Å². The number of hydrogen-bond donors (Lipinski definition) is 1. The van der Waals surface area contributed by atoms with Gasteiger partial charge in [-0.2, -0.15) is 0 Å². The summed E-state index contributed by atoms with van der Waals surface area (Å²) in [5, 5.41) is 3.25. The Labute approximate surface area is 160 Å². The minimum absolute atomic E-state index is 0.123. The summed E-state index contributed by atoms with van der Waals surface area (Å²) in [6, 6.07) is 10.3. The van der Waals surface area contributed by atoms with E-state index in [4.69, 9.17) is 25.8 Å². The fraction of sp³-hybridized carbons (Fsp3) is 0.263. The molecule has 0 bridgehead atoms. The number of carbonyl (C=O) groups is 2. The number of nitrogens with zero attached hydrogens (tertiary/aromatic N) is 1. The monoisotopic (exact) mass is 388 g/mol. The second-order valence-electron chi connectivity index (χ2n) is 6.28. The first kappa shape index (κ1) is 17.5. The number of rotatable bonds is 4. The zero-order valence-electron chi connectivity index (χ0n) is 14.5. The number of fused-ring (bicyclic) bond motifs is 1. The van der Waals surface area contributed by atoms with Gasteiger partial charge in [-0.15, -0.1) is 0 Å². The van der Waals surface area contributed by atoms with Crippen LogP contribution in [-0.4, -0.2) is 32.3 Å². The number of methoxy groups -OCH3 is 1. The molecule has 1 N–H and O–H groups in total. The Kier molecular flexibility index (Phi) is 4.53. The van der Waals surface area contributed by atoms with Gasteiger partial charge in [0.15, 0.2) is 11.5 Å². The molecule has 7 nitrogen and oxygen atoms in total. The predicted octanol–water partition coefficient (Wildman–Crippen LogP) is 3.07. The third-order valence-electron chi connectivity index (χ3n) is 4.58. The van der Waals surface area contributed by atoms with E-state index >= 15 is 0 Å². The quantitative estimate of drug-likeness (QED) is 0.871. The number of ether oxygens (including phenoxy) is 3. The summed E-state index contributed by atoms with van der Waals surface area (Å²) in [6.07, 6.45) is 0.139. The number of halogens is 1. The molecule has 2 amide bonds. The molecule has 2 aromatic carbocycles. The molecule has 1 unspecified atom stereocenters. The van der Waals surface area contributed by atoms with E-state index in [1.165, 1.54) is 7.11 Å². The van der Waals surface area contributed by atoms with Gasteiger partial charge < -0.3 is 24.4 Å². The first-order valence-corrected chi connectivity index (χ1v) is 8.77. The van der Waals surface area contributed by atoms with Gasteiger partial charge in [-0.05, 0) is 30.3 Å². The third-order valence-corrected chi connectivity index (χ3v) is 4.88. The molecule has 0 aromatic heterocycles. The summed E-state index contributed by atoms with van der Waals surface area (Å²) < 4.78 is 15.7. The van der Waals surface area contributed by atoms with Crippen molar-refractivity contribution >= 4 is 34.8 Å². The van der Waals surface area contributed by atoms with Gasteiger partial charge in [0, 0.05) is 30.4 Å². The lowest BCUT2D eigenvalue weighted by Gasteiger charge is -2.18. The molecule has 0 radical (unpaired) electrons. The maximum absolute atomic E-state index is 12.6. The highest BCUT2D eigenvalue weighted by Gasteiger charge is 2.35. The van der Waals surface area contributed by atoms with Crippen LogP contribution < -0.4 is 24.4 Å². The van der Waals surface area contributed by atoms with Gasteiger partial charge in [-0.3, -0.25) is 9.59 Å². The molecule has 1 fully saturated rings. The van der Waals surface area contributed by atoms with Gasteiger partial charge in [0.1, 0.15) is 5.75 Å². The molecule has 8 heteroatoms. The van der Waals surface area contributed by atoms with Crippen LogP contribution in [0.4, 0.5) is 11.4 Å². The van der Waals surface area contributed by atoms with Crippen molar-refractivity contribution in [3.8, 4) is 17.2 Å². The molecule has 140 valence electrons. The molecule has 0 saturated carbocycles. The molecule has 27 heavy (non-hydrogen) atoms. The van der Waals surface area contributed by atoms with Crippen LogP contribution in [0.5, 0.6) is 17.2 Å². The van der Waals surface area contributed by atoms with Gasteiger partial charge in [-0.1, -0.05) is 11.6 Å². The fourth-order valence-corrected chi connectivity index (χ4v) is 3.43. The maximum Gasteiger partial charge on any atom is 0.231 e. The molecule has 1 saturated heterocycles. The Morgan fingerprint density at radius 3 is 2.81 bits per heavy atom. The average Bonchev–Trinajstić information content (AvgIpc) is 3.27. The summed E-state index contributed by atoms with van der Waals surface area (Å²) in [5.74, 6) is 0.968. The Bertz CT molecular complexity index is 917. The molecule has 0 aliphatic carbocycles. The Morgan fingerprint density at radius 1 is 1.22 bits per heavy atom. The van der Waals surface area contributed by atoms with Crippen molar-refractivity contribution in [3.05, 3.63) is 41.4 Å². The Balaban J connectivity index is 1.45. The van der Waals surface area contributed by atoms with E-state index in [0.29, 0.717) is 33.6 Å². The summed E-state index contributed by atoms with van der Waals surface area (Å²) in [6.45, 7) is 0.459.